The summed E-state index contributed by atoms with van der Waals surface area (Å²) in [7, 11) is -3.61. The Bertz CT molecular complexity index is 707. The third kappa shape index (κ3) is 1.43. The molecule has 0 spiro atoms. The van der Waals surface area contributed by atoms with E-state index in [2.05, 4.69) is 0 Å². The lowest BCUT2D eigenvalue weighted by Gasteiger charge is -2.19. The smallest absolute Gasteiger partial charge is 0.213 e. The molecule has 0 aliphatic carbocycles. The summed E-state index contributed by atoms with van der Waals surface area (Å²) in [6.07, 6.45) is 0. The number of hydrogen-bond acceptors (Lipinski definition) is 3. The summed E-state index contributed by atoms with van der Waals surface area (Å²) in [4.78, 5) is 0.108. The molecule has 2 aromatic rings. The van der Waals surface area contributed by atoms with Crippen molar-refractivity contribution in [2.75, 3.05) is 0 Å². The molecule has 0 N–H and O–H groups in total. The van der Waals surface area contributed by atoms with Gasteiger partial charge in [0.25, 0.3) is 0 Å². The zero-order valence-electron chi connectivity index (χ0n) is 8.55. The Balaban J connectivity index is 2.35. The highest BCUT2D eigenvalue weighted by molar-refractivity contribution is 7.91. The molecule has 0 radical (unpaired) electrons. The van der Waals surface area contributed by atoms with E-state index in [0.29, 0.717) is 0 Å². The van der Waals surface area contributed by atoms with Gasteiger partial charge in [-0.15, -0.1) is 0 Å². The number of sulfone groups is 1. The fraction of sp³-hybridized carbons (Fsp3) is 0. The molecule has 3 rings (SSSR count). The van der Waals surface area contributed by atoms with Gasteiger partial charge in [0.2, 0.25) is 9.84 Å². The normalized spacial score (nSPS) is 15.6. The number of ether oxygens (including phenoxy) is 1. The first-order valence-electron chi connectivity index (χ1n) is 4.90. The van der Waals surface area contributed by atoms with Gasteiger partial charge in [0, 0.05) is 6.07 Å². The quantitative estimate of drug-likeness (QED) is 0.576. The van der Waals surface area contributed by atoms with Crippen molar-refractivity contribution >= 4 is 9.84 Å². The van der Waals surface area contributed by atoms with Gasteiger partial charge in [0.05, 0.1) is 0 Å². The summed E-state index contributed by atoms with van der Waals surface area (Å²) in [5, 5.41) is 0. The van der Waals surface area contributed by atoms with Gasteiger partial charge in [-0.05, 0) is 24.3 Å². The van der Waals surface area contributed by atoms with E-state index in [4.69, 9.17) is 4.74 Å². The SMILES string of the molecule is O=S1(=O)c2ccccc2Oc2cc(F)ccc21. The van der Waals surface area contributed by atoms with Crippen LogP contribution in [0, 0.1) is 5.82 Å². The summed E-state index contributed by atoms with van der Waals surface area (Å²) < 4.78 is 42.8. The first kappa shape index (κ1) is 10.3. The summed E-state index contributed by atoms with van der Waals surface area (Å²) in [5.41, 5.74) is 0. The van der Waals surface area contributed by atoms with Crippen LogP contribution in [0.3, 0.4) is 0 Å². The van der Waals surface area contributed by atoms with Crippen molar-refractivity contribution in [2.45, 2.75) is 9.79 Å². The van der Waals surface area contributed by atoms with Gasteiger partial charge in [0.15, 0.2) is 0 Å². The molecule has 5 heteroatoms. The average molecular weight is 250 g/mol. The van der Waals surface area contributed by atoms with Crippen molar-refractivity contribution < 1.29 is 17.5 Å². The molecule has 1 aliphatic rings. The van der Waals surface area contributed by atoms with Gasteiger partial charge < -0.3 is 4.74 Å². The van der Waals surface area contributed by atoms with Gasteiger partial charge in [-0.3, -0.25) is 0 Å². The molecule has 0 aromatic heterocycles. The largest absolute Gasteiger partial charge is 0.454 e. The maximum absolute atomic E-state index is 13.0. The molecule has 0 saturated heterocycles. The Labute approximate surface area is 97.4 Å². The van der Waals surface area contributed by atoms with E-state index in [1.54, 1.807) is 18.2 Å². The van der Waals surface area contributed by atoms with E-state index in [0.717, 1.165) is 12.1 Å². The van der Waals surface area contributed by atoms with Crippen LogP contribution in [0.2, 0.25) is 0 Å². The first-order chi connectivity index (χ1) is 8.09. The lowest BCUT2D eigenvalue weighted by atomic mass is 10.3. The van der Waals surface area contributed by atoms with Gasteiger partial charge in [0.1, 0.15) is 27.1 Å². The molecule has 0 fully saturated rings. The summed E-state index contributed by atoms with van der Waals surface area (Å²) >= 11 is 0. The third-order valence-electron chi connectivity index (χ3n) is 2.55. The number of hydrogen-bond donors (Lipinski definition) is 0. The van der Waals surface area contributed by atoms with Gasteiger partial charge in [-0.1, -0.05) is 12.1 Å². The van der Waals surface area contributed by atoms with E-state index >= 15 is 0 Å². The minimum absolute atomic E-state index is 0.00222. The Morgan fingerprint density at radius 1 is 0.941 bits per heavy atom. The van der Waals surface area contributed by atoms with E-state index in [1.807, 2.05) is 0 Å². The van der Waals surface area contributed by atoms with E-state index < -0.39 is 15.7 Å². The molecular formula is C12H7FO3S. The molecule has 0 saturated carbocycles. The fourth-order valence-corrected chi connectivity index (χ4v) is 3.26. The molecule has 0 amide bonds. The molecule has 3 nitrogen and oxygen atoms in total. The number of halogens is 1. The fourth-order valence-electron chi connectivity index (χ4n) is 1.78. The molecule has 0 atom stereocenters. The Hall–Kier alpha value is -1.88. The van der Waals surface area contributed by atoms with Crippen molar-refractivity contribution in [1.82, 2.24) is 0 Å². The van der Waals surface area contributed by atoms with Crippen LogP contribution in [0.15, 0.2) is 52.3 Å². The zero-order chi connectivity index (χ0) is 12.0. The molecule has 0 bridgehead atoms. The van der Waals surface area contributed by atoms with E-state index in [-0.39, 0.29) is 21.3 Å². The predicted molar refractivity (Wildman–Crippen MR) is 58.4 cm³/mol. The van der Waals surface area contributed by atoms with Crippen LogP contribution < -0.4 is 4.74 Å². The van der Waals surface area contributed by atoms with Crippen LogP contribution in [0.5, 0.6) is 11.5 Å². The molecule has 2 aromatic carbocycles. The zero-order valence-corrected chi connectivity index (χ0v) is 9.37. The molecular weight excluding hydrogens is 243 g/mol. The summed E-state index contributed by atoms with van der Waals surface area (Å²) in [6.45, 7) is 0. The van der Waals surface area contributed by atoms with Crippen molar-refractivity contribution in [3.05, 3.63) is 48.3 Å². The van der Waals surface area contributed by atoms with Gasteiger partial charge >= 0.3 is 0 Å². The number of fused-ring (bicyclic) bond motifs is 2. The summed E-state index contributed by atoms with van der Waals surface area (Å²) in [6, 6.07) is 9.69. The van der Waals surface area contributed by atoms with E-state index in [9.17, 15) is 12.8 Å². The standard InChI is InChI=1S/C12H7FO3S/c13-8-5-6-12-10(7-8)16-9-3-1-2-4-11(9)17(12,14)15/h1-7H. The third-order valence-corrected chi connectivity index (χ3v) is 4.39. The Morgan fingerprint density at radius 3 is 2.47 bits per heavy atom. The second-order valence-electron chi connectivity index (χ2n) is 3.64. The minimum Gasteiger partial charge on any atom is -0.454 e. The maximum Gasteiger partial charge on any atom is 0.213 e. The lowest BCUT2D eigenvalue weighted by Crippen LogP contribution is -2.10. The van der Waals surface area contributed by atoms with Crippen LogP contribution in [0.25, 0.3) is 0 Å². The number of rotatable bonds is 0. The average Bonchev–Trinajstić information content (AvgIpc) is 2.28. The first-order valence-corrected chi connectivity index (χ1v) is 6.39. The second-order valence-corrected chi connectivity index (χ2v) is 5.53. The molecule has 1 aliphatic heterocycles. The van der Waals surface area contributed by atoms with Crippen molar-refractivity contribution in [1.29, 1.82) is 0 Å². The van der Waals surface area contributed by atoms with Crippen LogP contribution in [0.1, 0.15) is 0 Å². The van der Waals surface area contributed by atoms with E-state index in [1.165, 1.54) is 12.1 Å². The van der Waals surface area contributed by atoms with Crippen molar-refractivity contribution in [3.63, 3.8) is 0 Å². The topological polar surface area (TPSA) is 43.4 Å². The van der Waals surface area contributed by atoms with Crippen LogP contribution >= 0.6 is 0 Å². The minimum atomic E-state index is -3.61. The molecule has 0 unspecified atom stereocenters. The number of para-hydroxylation sites is 1. The van der Waals surface area contributed by atoms with Crippen LogP contribution in [-0.2, 0) is 9.84 Å². The van der Waals surface area contributed by atoms with Gasteiger partial charge in [-0.2, -0.15) is 0 Å². The second kappa shape index (κ2) is 3.30. The lowest BCUT2D eigenvalue weighted by molar-refractivity contribution is 0.438. The highest BCUT2D eigenvalue weighted by Gasteiger charge is 2.31. The van der Waals surface area contributed by atoms with Crippen LogP contribution in [0.4, 0.5) is 4.39 Å². The van der Waals surface area contributed by atoms with Gasteiger partial charge in [-0.25, -0.2) is 12.8 Å². The molecule has 1 heterocycles. The highest BCUT2D eigenvalue weighted by atomic mass is 32.2. The van der Waals surface area contributed by atoms with Crippen molar-refractivity contribution in [2.24, 2.45) is 0 Å². The van der Waals surface area contributed by atoms with Crippen molar-refractivity contribution in [3.8, 4) is 11.5 Å². The monoisotopic (exact) mass is 250 g/mol. The predicted octanol–water partition coefficient (Wildman–Crippen LogP) is 2.76. The summed E-state index contributed by atoms with van der Waals surface area (Å²) in [5.74, 6) is -0.271. The highest BCUT2D eigenvalue weighted by Crippen LogP contribution is 2.42. The van der Waals surface area contributed by atoms with Crippen LogP contribution in [-0.4, -0.2) is 8.42 Å². The Morgan fingerprint density at radius 2 is 1.65 bits per heavy atom. The maximum atomic E-state index is 13.0. The Kier molecular flexibility index (Phi) is 2.00. The number of benzene rings is 2. The molecule has 86 valence electrons. The molecule has 17 heavy (non-hydrogen) atoms.